The van der Waals surface area contributed by atoms with Crippen LogP contribution in [0.25, 0.3) is 17.2 Å². The van der Waals surface area contributed by atoms with E-state index in [0.29, 0.717) is 0 Å². The number of hydrogen-bond donors (Lipinski definition) is 0. The molecule has 0 unspecified atom stereocenters. The minimum Gasteiger partial charge on any atom is -0.0984 e. The van der Waals surface area contributed by atoms with Crippen LogP contribution in [0.4, 0.5) is 0 Å². The third-order valence-electron chi connectivity index (χ3n) is 2.20. The van der Waals surface area contributed by atoms with E-state index in [4.69, 9.17) is 0 Å². The number of benzene rings is 1. The zero-order valence-electron chi connectivity index (χ0n) is 8.93. The van der Waals surface area contributed by atoms with E-state index in [2.05, 4.69) is 25.8 Å². The molecule has 14 heavy (non-hydrogen) atoms. The van der Waals surface area contributed by atoms with Gasteiger partial charge in [-0.15, -0.1) is 0 Å². The fraction of sp³-hybridized carbons (Fsp3) is 0.143. The maximum atomic E-state index is 3.99. The summed E-state index contributed by atoms with van der Waals surface area (Å²) in [5, 5.41) is 0. The molecule has 0 N–H and O–H groups in total. The van der Waals surface area contributed by atoms with Crippen molar-refractivity contribution in [2.45, 2.75) is 13.8 Å². The Kier molecular flexibility index (Phi) is 3.08. The summed E-state index contributed by atoms with van der Waals surface area (Å²) in [4.78, 5) is 0. The van der Waals surface area contributed by atoms with E-state index in [0.717, 1.165) is 27.8 Å². The maximum absolute atomic E-state index is 3.99. The van der Waals surface area contributed by atoms with Crippen molar-refractivity contribution in [2.24, 2.45) is 0 Å². The van der Waals surface area contributed by atoms with Crippen LogP contribution in [0.1, 0.15) is 30.5 Å². The maximum Gasteiger partial charge on any atom is -0.00858 e. The van der Waals surface area contributed by atoms with Gasteiger partial charge in [-0.1, -0.05) is 49.6 Å². The van der Waals surface area contributed by atoms with Crippen molar-refractivity contribution < 1.29 is 0 Å². The molecule has 0 radical (unpaired) electrons. The van der Waals surface area contributed by atoms with Gasteiger partial charge in [-0.2, -0.15) is 0 Å². The van der Waals surface area contributed by atoms with Gasteiger partial charge >= 0.3 is 0 Å². The van der Waals surface area contributed by atoms with E-state index in [9.17, 15) is 0 Å². The van der Waals surface area contributed by atoms with Crippen LogP contribution < -0.4 is 0 Å². The molecule has 0 aromatic heterocycles. The molecule has 72 valence electrons. The van der Waals surface area contributed by atoms with Gasteiger partial charge in [-0.3, -0.25) is 0 Å². The van der Waals surface area contributed by atoms with Crippen molar-refractivity contribution in [3.05, 3.63) is 54.6 Å². The lowest BCUT2D eigenvalue weighted by molar-refractivity contribution is 1.48. The summed E-state index contributed by atoms with van der Waals surface area (Å²) >= 11 is 0. The van der Waals surface area contributed by atoms with E-state index in [1.165, 1.54) is 0 Å². The SMILES string of the molecule is C=Cc1cccc(C(=C)C)c1C(=C)C. The van der Waals surface area contributed by atoms with Crippen LogP contribution in [-0.4, -0.2) is 0 Å². The average Bonchev–Trinajstić information content (AvgIpc) is 2.16. The van der Waals surface area contributed by atoms with Crippen molar-refractivity contribution in [3.8, 4) is 0 Å². The zero-order valence-corrected chi connectivity index (χ0v) is 8.93. The molecule has 0 aliphatic rings. The molecule has 1 rings (SSSR count). The Hall–Kier alpha value is -1.56. The van der Waals surface area contributed by atoms with Crippen LogP contribution in [-0.2, 0) is 0 Å². The predicted octanol–water partition coefficient (Wildman–Crippen LogP) is 4.40. The lowest BCUT2D eigenvalue weighted by Crippen LogP contribution is -1.91. The molecular weight excluding hydrogens is 168 g/mol. The normalized spacial score (nSPS) is 9.57. The molecule has 0 aliphatic carbocycles. The number of hydrogen-bond acceptors (Lipinski definition) is 0. The van der Waals surface area contributed by atoms with Gasteiger partial charge in [0, 0.05) is 0 Å². The van der Waals surface area contributed by atoms with Gasteiger partial charge in [-0.25, -0.2) is 0 Å². The molecule has 0 fully saturated rings. The summed E-state index contributed by atoms with van der Waals surface area (Å²) in [6.45, 7) is 15.8. The van der Waals surface area contributed by atoms with Gasteiger partial charge in [0.05, 0.1) is 0 Å². The average molecular weight is 184 g/mol. The molecule has 1 aromatic carbocycles. The molecule has 0 atom stereocenters. The Morgan fingerprint density at radius 3 is 2.21 bits per heavy atom. The molecule has 0 heterocycles. The van der Waals surface area contributed by atoms with Crippen LogP contribution in [0, 0.1) is 0 Å². The van der Waals surface area contributed by atoms with E-state index in [1.54, 1.807) is 0 Å². The summed E-state index contributed by atoms with van der Waals surface area (Å²) in [5.74, 6) is 0. The summed E-state index contributed by atoms with van der Waals surface area (Å²) < 4.78 is 0. The number of allylic oxidation sites excluding steroid dienone is 2. The summed E-state index contributed by atoms with van der Waals surface area (Å²) in [5.41, 5.74) is 5.56. The molecule has 0 saturated carbocycles. The van der Waals surface area contributed by atoms with Gasteiger partial charge in [-0.05, 0) is 36.1 Å². The van der Waals surface area contributed by atoms with E-state index in [1.807, 2.05) is 32.1 Å². The second kappa shape index (κ2) is 4.10. The summed E-state index contributed by atoms with van der Waals surface area (Å²) in [7, 11) is 0. The molecule has 0 amide bonds. The standard InChI is InChI=1S/C14H16/c1-6-12-8-7-9-13(10(2)3)14(12)11(4)5/h6-9H,1-2,4H2,3,5H3. The van der Waals surface area contributed by atoms with Crippen molar-refractivity contribution in [1.29, 1.82) is 0 Å². The quantitative estimate of drug-likeness (QED) is 0.653. The first-order chi connectivity index (χ1) is 6.57. The smallest absolute Gasteiger partial charge is 0.00858 e. The van der Waals surface area contributed by atoms with E-state index >= 15 is 0 Å². The zero-order chi connectivity index (χ0) is 10.7. The summed E-state index contributed by atoms with van der Waals surface area (Å²) in [6, 6.07) is 6.14. The third-order valence-corrected chi connectivity index (χ3v) is 2.20. The molecular formula is C14H16. The predicted molar refractivity (Wildman–Crippen MR) is 65.9 cm³/mol. The van der Waals surface area contributed by atoms with E-state index < -0.39 is 0 Å². The molecule has 1 aromatic rings. The van der Waals surface area contributed by atoms with Crippen molar-refractivity contribution in [2.75, 3.05) is 0 Å². The van der Waals surface area contributed by atoms with Gasteiger partial charge in [0.25, 0.3) is 0 Å². The fourth-order valence-corrected chi connectivity index (χ4v) is 1.57. The van der Waals surface area contributed by atoms with Gasteiger partial charge in [0.1, 0.15) is 0 Å². The van der Waals surface area contributed by atoms with E-state index in [-0.39, 0.29) is 0 Å². The Balaban J connectivity index is 3.51. The minimum absolute atomic E-state index is 1.05. The molecule has 0 bridgehead atoms. The lowest BCUT2D eigenvalue weighted by atomic mass is 9.93. The Bertz CT molecular complexity index is 394. The van der Waals surface area contributed by atoms with Crippen LogP contribution >= 0.6 is 0 Å². The van der Waals surface area contributed by atoms with Crippen LogP contribution in [0.2, 0.25) is 0 Å². The highest BCUT2D eigenvalue weighted by molar-refractivity contribution is 5.82. The Morgan fingerprint density at radius 2 is 1.79 bits per heavy atom. The third kappa shape index (κ3) is 1.85. The monoisotopic (exact) mass is 184 g/mol. The Labute approximate surface area is 86.3 Å². The van der Waals surface area contributed by atoms with Gasteiger partial charge in [0.15, 0.2) is 0 Å². The van der Waals surface area contributed by atoms with Crippen molar-refractivity contribution in [3.63, 3.8) is 0 Å². The van der Waals surface area contributed by atoms with Gasteiger partial charge in [0.2, 0.25) is 0 Å². The first-order valence-electron chi connectivity index (χ1n) is 4.65. The molecule has 0 heteroatoms. The van der Waals surface area contributed by atoms with Crippen molar-refractivity contribution >= 4 is 17.2 Å². The van der Waals surface area contributed by atoms with Crippen molar-refractivity contribution in [1.82, 2.24) is 0 Å². The second-order valence-electron chi connectivity index (χ2n) is 3.53. The first kappa shape index (κ1) is 10.5. The topological polar surface area (TPSA) is 0 Å². The molecule has 0 saturated heterocycles. The highest BCUT2D eigenvalue weighted by atomic mass is 14.1. The minimum atomic E-state index is 1.05. The Morgan fingerprint density at radius 1 is 1.14 bits per heavy atom. The molecule has 0 nitrogen and oxygen atoms in total. The van der Waals surface area contributed by atoms with Crippen LogP contribution in [0.5, 0.6) is 0 Å². The fourth-order valence-electron chi connectivity index (χ4n) is 1.57. The lowest BCUT2D eigenvalue weighted by Gasteiger charge is -2.12. The first-order valence-corrected chi connectivity index (χ1v) is 4.65. The molecule has 0 spiro atoms. The number of rotatable bonds is 3. The van der Waals surface area contributed by atoms with Gasteiger partial charge < -0.3 is 0 Å². The highest BCUT2D eigenvalue weighted by Gasteiger charge is 2.06. The molecule has 0 aliphatic heterocycles. The van der Waals surface area contributed by atoms with Crippen LogP contribution in [0.15, 0.2) is 37.9 Å². The highest BCUT2D eigenvalue weighted by Crippen LogP contribution is 2.27. The summed E-state index contributed by atoms with van der Waals surface area (Å²) in [6.07, 6.45) is 1.86. The second-order valence-corrected chi connectivity index (χ2v) is 3.53. The largest absolute Gasteiger partial charge is 0.0984 e. The van der Waals surface area contributed by atoms with Crippen LogP contribution in [0.3, 0.4) is 0 Å².